The molecule has 0 aromatic heterocycles. The molecule has 21 heavy (non-hydrogen) atoms. The van der Waals surface area contributed by atoms with Crippen molar-refractivity contribution >= 4 is 28.9 Å². The lowest BCUT2D eigenvalue weighted by atomic mass is 10.2. The van der Waals surface area contributed by atoms with Gasteiger partial charge in [-0.05, 0) is 25.2 Å². The molecule has 0 fully saturated rings. The molecular weight excluding hydrogens is 315 g/mol. The van der Waals surface area contributed by atoms with Gasteiger partial charge in [0.15, 0.2) is 0 Å². The molecule has 0 aliphatic carbocycles. The summed E-state index contributed by atoms with van der Waals surface area (Å²) in [6.07, 6.45) is 0. The average molecular weight is 327 g/mol. The standard InChI is InChI=1S/C14H12Cl2N2O3/c1-17-8-9-2-3-10(15)6-14(9)21-13-5-4-11(18(19)20)7-12(13)16/h2-7,17H,8H2,1H3. The second kappa shape index (κ2) is 6.76. The average Bonchev–Trinajstić information content (AvgIpc) is 2.44. The summed E-state index contributed by atoms with van der Waals surface area (Å²) in [6, 6.07) is 9.32. The molecule has 2 rings (SSSR count). The highest BCUT2D eigenvalue weighted by atomic mass is 35.5. The van der Waals surface area contributed by atoms with E-state index in [0.29, 0.717) is 23.1 Å². The van der Waals surface area contributed by atoms with Crippen LogP contribution in [0.2, 0.25) is 10.0 Å². The summed E-state index contributed by atoms with van der Waals surface area (Å²) in [5, 5.41) is 14.4. The highest BCUT2D eigenvalue weighted by molar-refractivity contribution is 6.32. The van der Waals surface area contributed by atoms with Crippen molar-refractivity contribution in [3.63, 3.8) is 0 Å². The first kappa shape index (κ1) is 15.6. The topological polar surface area (TPSA) is 64.4 Å². The van der Waals surface area contributed by atoms with E-state index in [1.807, 2.05) is 13.1 Å². The monoisotopic (exact) mass is 326 g/mol. The van der Waals surface area contributed by atoms with Crippen LogP contribution in [0, 0.1) is 10.1 Å². The predicted molar refractivity (Wildman–Crippen MR) is 82.4 cm³/mol. The molecule has 0 aliphatic rings. The van der Waals surface area contributed by atoms with E-state index < -0.39 is 4.92 Å². The molecule has 1 N–H and O–H groups in total. The number of hydrogen-bond acceptors (Lipinski definition) is 4. The van der Waals surface area contributed by atoms with Gasteiger partial charge >= 0.3 is 0 Å². The number of benzene rings is 2. The van der Waals surface area contributed by atoms with E-state index in [-0.39, 0.29) is 10.7 Å². The van der Waals surface area contributed by atoms with Gasteiger partial charge in [-0.3, -0.25) is 10.1 Å². The first-order valence-electron chi connectivity index (χ1n) is 6.06. The van der Waals surface area contributed by atoms with Crippen LogP contribution in [0.5, 0.6) is 11.5 Å². The van der Waals surface area contributed by atoms with Crippen molar-refractivity contribution in [1.29, 1.82) is 0 Å². The Bertz CT molecular complexity index is 677. The van der Waals surface area contributed by atoms with Crippen LogP contribution in [0.25, 0.3) is 0 Å². The number of nitro benzene ring substituents is 1. The van der Waals surface area contributed by atoms with Crippen molar-refractivity contribution in [2.24, 2.45) is 0 Å². The molecule has 0 heterocycles. The van der Waals surface area contributed by atoms with Gasteiger partial charge in [-0.25, -0.2) is 0 Å². The minimum absolute atomic E-state index is 0.0890. The summed E-state index contributed by atoms with van der Waals surface area (Å²) in [7, 11) is 1.82. The fourth-order valence-electron chi connectivity index (χ4n) is 1.76. The van der Waals surface area contributed by atoms with Crippen molar-refractivity contribution in [2.75, 3.05) is 7.05 Å². The number of halogens is 2. The molecule has 7 heteroatoms. The molecule has 0 spiro atoms. The third kappa shape index (κ3) is 3.85. The lowest BCUT2D eigenvalue weighted by Crippen LogP contribution is -2.06. The van der Waals surface area contributed by atoms with E-state index in [1.54, 1.807) is 12.1 Å². The zero-order chi connectivity index (χ0) is 15.4. The van der Waals surface area contributed by atoms with Gasteiger partial charge in [0.25, 0.3) is 5.69 Å². The van der Waals surface area contributed by atoms with Crippen LogP contribution in [0.1, 0.15) is 5.56 Å². The Morgan fingerprint density at radius 1 is 1.19 bits per heavy atom. The summed E-state index contributed by atoms with van der Waals surface area (Å²) >= 11 is 12.0. The minimum atomic E-state index is -0.512. The molecule has 2 aromatic carbocycles. The summed E-state index contributed by atoms with van der Waals surface area (Å²) in [5.74, 6) is 0.884. The number of hydrogen-bond donors (Lipinski definition) is 1. The normalized spacial score (nSPS) is 10.4. The van der Waals surface area contributed by atoms with Crippen molar-refractivity contribution in [2.45, 2.75) is 6.54 Å². The molecule has 0 radical (unpaired) electrons. The molecule has 5 nitrogen and oxygen atoms in total. The van der Waals surface area contributed by atoms with Gasteiger partial charge in [0, 0.05) is 29.3 Å². The molecule has 0 amide bonds. The largest absolute Gasteiger partial charge is 0.455 e. The number of ether oxygens (including phenoxy) is 1. The molecule has 0 bridgehead atoms. The third-order valence-corrected chi connectivity index (χ3v) is 3.27. The zero-order valence-electron chi connectivity index (χ0n) is 11.1. The van der Waals surface area contributed by atoms with Crippen LogP contribution in [0.3, 0.4) is 0 Å². The predicted octanol–water partition coefficient (Wildman–Crippen LogP) is 4.41. The maximum absolute atomic E-state index is 10.7. The van der Waals surface area contributed by atoms with Crippen molar-refractivity contribution in [1.82, 2.24) is 5.32 Å². The third-order valence-electron chi connectivity index (χ3n) is 2.74. The summed E-state index contributed by atoms with van der Waals surface area (Å²) in [6.45, 7) is 0.594. The van der Waals surface area contributed by atoms with E-state index in [1.165, 1.54) is 18.2 Å². The molecule has 0 saturated carbocycles. The molecule has 0 saturated heterocycles. The number of nitrogens with zero attached hydrogens (tertiary/aromatic N) is 1. The fourth-order valence-corrected chi connectivity index (χ4v) is 2.14. The first-order chi connectivity index (χ1) is 10.0. The van der Waals surface area contributed by atoms with E-state index >= 15 is 0 Å². The molecule has 0 unspecified atom stereocenters. The Balaban J connectivity index is 2.33. The smallest absolute Gasteiger partial charge is 0.271 e. The van der Waals surface area contributed by atoms with Gasteiger partial charge in [0.05, 0.1) is 9.95 Å². The van der Waals surface area contributed by atoms with Gasteiger partial charge in [0.2, 0.25) is 0 Å². The maximum atomic E-state index is 10.7. The molecule has 110 valence electrons. The molecule has 2 aromatic rings. The fraction of sp³-hybridized carbons (Fsp3) is 0.143. The number of nitrogens with one attached hydrogen (secondary N) is 1. The highest BCUT2D eigenvalue weighted by Gasteiger charge is 2.12. The van der Waals surface area contributed by atoms with Gasteiger partial charge in [0.1, 0.15) is 11.5 Å². The first-order valence-corrected chi connectivity index (χ1v) is 6.81. The van der Waals surface area contributed by atoms with E-state index in [9.17, 15) is 10.1 Å². The van der Waals surface area contributed by atoms with Crippen molar-refractivity contribution in [3.8, 4) is 11.5 Å². The zero-order valence-corrected chi connectivity index (χ0v) is 12.6. The van der Waals surface area contributed by atoms with Crippen LogP contribution < -0.4 is 10.1 Å². The minimum Gasteiger partial charge on any atom is -0.455 e. The molecule has 0 atom stereocenters. The summed E-state index contributed by atoms with van der Waals surface area (Å²) < 4.78 is 5.73. The van der Waals surface area contributed by atoms with Gasteiger partial charge < -0.3 is 10.1 Å². The van der Waals surface area contributed by atoms with Gasteiger partial charge in [-0.2, -0.15) is 0 Å². The SMILES string of the molecule is CNCc1ccc(Cl)cc1Oc1ccc([N+](=O)[O-])cc1Cl. The lowest BCUT2D eigenvalue weighted by molar-refractivity contribution is -0.384. The molecule has 0 aliphatic heterocycles. The Morgan fingerprint density at radius 3 is 2.57 bits per heavy atom. The Labute approximate surface area is 131 Å². The van der Waals surface area contributed by atoms with Crippen LogP contribution in [-0.4, -0.2) is 12.0 Å². The van der Waals surface area contributed by atoms with Gasteiger partial charge in [-0.1, -0.05) is 29.3 Å². The van der Waals surface area contributed by atoms with Crippen LogP contribution in [0.4, 0.5) is 5.69 Å². The Hall–Kier alpha value is -1.82. The maximum Gasteiger partial charge on any atom is 0.271 e. The second-order valence-electron chi connectivity index (χ2n) is 4.26. The van der Waals surface area contributed by atoms with Crippen molar-refractivity contribution < 1.29 is 9.66 Å². The molecular formula is C14H12Cl2N2O3. The van der Waals surface area contributed by atoms with Gasteiger partial charge in [-0.15, -0.1) is 0 Å². The quantitative estimate of drug-likeness (QED) is 0.652. The van der Waals surface area contributed by atoms with Crippen LogP contribution in [0.15, 0.2) is 36.4 Å². The Kier molecular flexibility index (Phi) is 5.01. The summed E-state index contributed by atoms with van der Waals surface area (Å²) in [4.78, 5) is 10.2. The van der Waals surface area contributed by atoms with E-state index in [4.69, 9.17) is 27.9 Å². The highest BCUT2D eigenvalue weighted by Crippen LogP contribution is 2.34. The number of rotatable bonds is 5. The van der Waals surface area contributed by atoms with E-state index in [2.05, 4.69) is 5.32 Å². The van der Waals surface area contributed by atoms with Crippen molar-refractivity contribution in [3.05, 3.63) is 62.1 Å². The second-order valence-corrected chi connectivity index (χ2v) is 5.10. The van der Waals surface area contributed by atoms with Crippen LogP contribution in [-0.2, 0) is 6.54 Å². The lowest BCUT2D eigenvalue weighted by Gasteiger charge is -2.12. The number of nitro groups is 1. The van der Waals surface area contributed by atoms with E-state index in [0.717, 1.165) is 5.56 Å². The van der Waals surface area contributed by atoms with Crippen LogP contribution >= 0.6 is 23.2 Å². The number of non-ortho nitro benzene ring substituents is 1. The summed E-state index contributed by atoms with van der Waals surface area (Å²) in [5.41, 5.74) is 0.810. The Morgan fingerprint density at radius 2 is 1.95 bits per heavy atom.